The van der Waals surface area contributed by atoms with Gasteiger partial charge in [0.1, 0.15) is 0 Å². The predicted octanol–water partition coefficient (Wildman–Crippen LogP) is 14.5. The van der Waals surface area contributed by atoms with Crippen LogP contribution in [-0.4, -0.2) is 0 Å². The van der Waals surface area contributed by atoms with Crippen molar-refractivity contribution in [3.8, 4) is 22.3 Å². The van der Waals surface area contributed by atoms with Crippen LogP contribution in [0.15, 0.2) is 200 Å². The van der Waals surface area contributed by atoms with Crippen LogP contribution in [0.3, 0.4) is 0 Å². The molecular weight excluding hydrogens is 653 g/mol. The number of fused-ring (bicyclic) bond motifs is 4. The first-order valence-corrected chi connectivity index (χ1v) is 18.7. The lowest BCUT2D eigenvalue weighted by Crippen LogP contribution is -2.18. The zero-order chi connectivity index (χ0) is 36.0. The quantitative estimate of drug-likeness (QED) is 0.160. The molecule has 1 aliphatic rings. The van der Waals surface area contributed by atoms with Gasteiger partial charge in [0, 0.05) is 40.5 Å². The molecule has 0 bridgehead atoms. The third-order valence-electron chi connectivity index (χ3n) is 10.9. The van der Waals surface area contributed by atoms with Crippen molar-refractivity contribution in [2.45, 2.75) is 13.3 Å². The lowest BCUT2D eigenvalue weighted by atomic mass is 9.85. The van der Waals surface area contributed by atoms with Crippen molar-refractivity contribution in [3.05, 3.63) is 217 Å². The van der Waals surface area contributed by atoms with Crippen LogP contribution in [0.5, 0.6) is 0 Å². The molecule has 2 heteroatoms. The van der Waals surface area contributed by atoms with E-state index in [4.69, 9.17) is 0 Å². The van der Waals surface area contributed by atoms with Crippen LogP contribution < -0.4 is 9.80 Å². The normalized spacial score (nSPS) is 12.1. The smallest absolute Gasteiger partial charge is 0.0497 e. The Morgan fingerprint density at radius 3 is 1.54 bits per heavy atom. The van der Waals surface area contributed by atoms with Gasteiger partial charge in [0.25, 0.3) is 0 Å². The minimum absolute atomic E-state index is 0.927. The molecule has 1 heterocycles. The summed E-state index contributed by atoms with van der Waals surface area (Å²) in [5.74, 6) is 0. The lowest BCUT2D eigenvalue weighted by molar-refractivity contribution is 1.09. The topological polar surface area (TPSA) is 6.48 Å². The second kappa shape index (κ2) is 13.3. The van der Waals surface area contributed by atoms with E-state index in [0.29, 0.717) is 0 Å². The van der Waals surface area contributed by atoms with Crippen LogP contribution >= 0.6 is 0 Å². The fourth-order valence-electron chi connectivity index (χ4n) is 8.50. The van der Waals surface area contributed by atoms with Crippen LogP contribution in [0.25, 0.3) is 43.8 Å². The van der Waals surface area contributed by atoms with Crippen LogP contribution in [-0.2, 0) is 6.42 Å². The Hall–Kier alpha value is -6.90. The SMILES string of the molecule is Cc1ccccc1N(c1ccccc1)c1ccc2c(-c3ccccc3)c3ccc(N4c5ccccc5Cc5ccccc54)cc3c(-c3ccccc3)c2c1. The molecule has 0 saturated carbocycles. The summed E-state index contributed by atoms with van der Waals surface area (Å²) in [5.41, 5.74) is 15.8. The van der Waals surface area contributed by atoms with Gasteiger partial charge in [-0.05, 0) is 122 Å². The van der Waals surface area contributed by atoms with E-state index in [2.05, 4.69) is 217 Å². The molecule has 9 aromatic carbocycles. The van der Waals surface area contributed by atoms with E-state index in [1.54, 1.807) is 0 Å². The first kappa shape index (κ1) is 31.8. The molecule has 0 atom stereocenters. The van der Waals surface area contributed by atoms with Crippen LogP contribution in [0.4, 0.5) is 34.1 Å². The highest BCUT2D eigenvalue weighted by atomic mass is 15.2. The first-order chi connectivity index (χ1) is 26.7. The molecule has 0 fully saturated rings. The Morgan fingerprint density at radius 1 is 0.407 bits per heavy atom. The van der Waals surface area contributed by atoms with E-state index in [0.717, 1.165) is 29.2 Å². The lowest BCUT2D eigenvalue weighted by Gasteiger charge is -2.34. The summed E-state index contributed by atoms with van der Waals surface area (Å²) in [6, 6.07) is 73.1. The van der Waals surface area contributed by atoms with E-state index in [1.807, 2.05) is 0 Å². The summed E-state index contributed by atoms with van der Waals surface area (Å²) in [5, 5.41) is 4.91. The number of rotatable bonds is 6. The monoisotopic (exact) mass is 690 g/mol. The Bertz CT molecular complexity index is 2680. The number of benzene rings is 9. The number of nitrogens with zero attached hydrogens (tertiary/aromatic N) is 2. The molecule has 0 unspecified atom stereocenters. The Balaban J connectivity index is 1.31. The van der Waals surface area contributed by atoms with Crippen molar-refractivity contribution in [3.63, 3.8) is 0 Å². The number of anilines is 6. The minimum Gasteiger partial charge on any atom is -0.310 e. The van der Waals surface area contributed by atoms with Crippen LogP contribution in [0.2, 0.25) is 0 Å². The van der Waals surface area contributed by atoms with Gasteiger partial charge in [0.2, 0.25) is 0 Å². The van der Waals surface area contributed by atoms with Crippen LogP contribution in [0.1, 0.15) is 16.7 Å². The van der Waals surface area contributed by atoms with Gasteiger partial charge in [-0.15, -0.1) is 0 Å². The summed E-state index contributed by atoms with van der Waals surface area (Å²) in [4.78, 5) is 4.86. The average molecular weight is 691 g/mol. The third-order valence-corrected chi connectivity index (χ3v) is 10.9. The molecular formula is C52H38N2. The first-order valence-electron chi connectivity index (χ1n) is 18.7. The highest BCUT2D eigenvalue weighted by molar-refractivity contribution is 6.22. The molecule has 2 nitrogen and oxygen atoms in total. The van der Waals surface area contributed by atoms with Gasteiger partial charge in [-0.1, -0.05) is 146 Å². The summed E-state index contributed by atoms with van der Waals surface area (Å²) in [6.45, 7) is 2.20. The van der Waals surface area contributed by atoms with Gasteiger partial charge in [0.15, 0.2) is 0 Å². The average Bonchev–Trinajstić information content (AvgIpc) is 3.23. The number of hydrogen-bond donors (Lipinski definition) is 0. The molecule has 0 N–H and O–H groups in total. The Kier molecular flexibility index (Phi) is 7.81. The second-order valence-corrected chi connectivity index (χ2v) is 14.2. The van der Waals surface area contributed by atoms with Gasteiger partial charge < -0.3 is 9.80 Å². The van der Waals surface area contributed by atoms with Crippen LogP contribution in [0, 0.1) is 6.92 Å². The van der Waals surface area contributed by atoms with E-state index < -0.39 is 0 Å². The molecule has 0 saturated heterocycles. The van der Waals surface area contributed by atoms with E-state index in [9.17, 15) is 0 Å². The minimum atomic E-state index is 0.927. The molecule has 9 aromatic rings. The molecule has 0 spiro atoms. The van der Waals surface area contributed by atoms with Crippen molar-refractivity contribution >= 4 is 55.7 Å². The summed E-state index contributed by atoms with van der Waals surface area (Å²) in [7, 11) is 0. The number of para-hydroxylation sites is 4. The summed E-state index contributed by atoms with van der Waals surface area (Å²) in [6.07, 6.45) is 0.927. The van der Waals surface area contributed by atoms with Gasteiger partial charge in [-0.25, -0.2) is 0 Å². The number of hydrogen-bond acceptors (Lipinski definition) is 2. The van der Waals surface area contributed by atoms with Crippen molar-refractivity contribution < 1.29 is 0 Å². The predicted molar refractivity (Wildman–Crippen MR) is 229 cm³/mol. The van der Waals surface area contributed by atoms with E-state index in [1.165, 1.54) is 71.9 Å². The van der Waals surface area contributed by atoms with E-state index in [-0.39, 0.29) is 0 Å². The summed E-state index contributed by atoms with van der Waals surface area (Å²) < 4.78 is 0. The summed E-state index contributed by atoms with van der Waals surface area (Å²) >= 11 is 0. The third kappa shape index (κ3) is 5.35. The molecule has 256 valence electrons. The zero-order valence-electron chi connectivity index (χ0n) is 30.2. The van der Waals surface area contributed by atoms with Crippen molar-refractivity contribution in [2.75, 3.05) is 9.80 Å². The maximum Gasteiger partial charge on any atom is 0.0497 e. The standard InChI is InChI=1S/C52H38N2/c1-36-17-11-14-26-48(36)53(41-24-9-4-10-25-41)42-29-31-44-46(34-42)52(38-20-7-3-8-21-38)47-35-43(30-32-45(47)51(44)37-18-5-2-6-19-37)54-49-27-15-12-22-39(49)33-40-23-13-16-28-50(40)54/h2-32,34-35H,33H2,1H3. The Morgan fingerprint density at radius 2 is 0.907 bits per heavy atom. The largest absolute Gasteiger partial charge is 0.310 e. The zero-order valence-corrected chi connectivity index (χ0v) is 30.2. The molecule has 0 aliphatic carbocycles. The highest BCUT2D eigenvalue weighted by Gasteiger charge is 2.26. The van der Waals surface area contributed by atoms with Gasteiger partial charge in [0.05, 0.1) is 0 Å². The molecule has 54 heavy (non-hydrogen) atoms. The molecule has 1 aliphatic heterocycles. The second-order valence-electron chi connectivity index (χ2n) is 14.2. The number of aryl methyl sites for hydroxylation is 1. The fraction of sp³-hybridized carbons (Fsp3) is 0.0385. The van der Waals surface area contributed by atoms with Crippen molar-refractivity contribution in [1.29, 1.82) is 0 Å². The molecule has 0 aromatic heterocycles. The maximum atomic E-state index is 2.46. The van der Waals surface area contributed by atoms with Crippen molar-refractivity contribution in [2.24, 2.45) is 0 Å². The maximum absolute atomic E-state index is 2.46. The van der Waals surface area contributed by atoms with E-state index >= 15 is 0 Å². The highest BCUT2D eigenvalue weighted by Crippen LogP contribution is 2.50. The van der Waals surface area contributed by atoms with Gasteiger partial charge in [-0.3, -0.25) is 0 Å². The molecule has 10 rings (SSSR count). The fourth-order valence-corrected chi connectivity index (χ4v) is 8.50. The van der Waals surface area contributed by atoms with Gasteiger partial charge >= 0.3 is 0 Å². The molecule has 0 radical (unpaired) electrons. The Labute approximate surface area is 316 Å². The van der Waals surface area contributed by atoms with Gasteiger partial charge in [-0.2, -0.15) is 0 Å². The molecule has 0 amide bonds. The van der Waals surface area contributed by atoms with Crippen molar-refractivity contribution in [1.82, 2.24) is 0 Å².